The molecule has 0 saturated carbocycles. The number of rotatable bonds is 7. The number of nitrogens with one attached hydrogen (secondary N) is 1. The molecule has 3 nitrogen and oxygen atoms in total. The van der Waals surface area contributed by atoms with E-state index in [1.165, 1.54) is 5.56 Å². The molecule has 1 heterocycles. The molecule has 0 aliphatic heterocycles. The predicted octanol–water partition coefficient (Wildman–Crippen LogP) is 3.45. The van der Waals surface area contributed by atoms with Gasteiger partial charge in [-0.15, -0.1) is 0 Å². The Balaban J connectivity index is 2.84. The number of hydrogen-bond acceptors (Lipinski definition) is 4. The van der Waals surface area contributed by atoms with E-state index in [0.717, 1.165) is 36.1 Å². The standard InChI is InChI=1S/C15H27N3S/c1-7-16-8-11(4)15-12(5)17-14(18-13(15)6)9-19-10(2)3/h10-11,16H,7-9H2,1-6H3. The fraction of sp³-hybridized carbons (Fsp3) is 0.733. The normalized spacial score (nSPS) is 13.0. The molecule has 0 aliphatic carbocycles. The van der Waals surface area contributed by atoms with Crippen LogP contribution in [0.15, 0.2) is 0 Å². The third-order valence-electron chi connectivity index (χ3n) is 3.11. The number of aromatic nitrogens is 2. The molecule has 1 unspecified atom stereocenters. The summed E-state index contributed by atoms with van der Waals surface area (Å²) in [5, 5.41) is 4.02. The minimum atomic E-state index is 0.465. The molecule has 0 saturated heterocycles. The Hall–Kier alpha value is -0.610. The summed E-state index contributed by atoms with van der Waals surface area (Å²) >= 11 is 1.89. The van der Waals surface area contributed by atoms with Gasteiger partial charge >= 0.3 is 0 Å². The van der Waals surface area contributed by atoms with Crippen LogP contribution in [0.1, 0.15) is 56.4 Å². The average Bonchev–Trinajstić information content (AvgIpc) is 2.33. The first-order valence-electron chi connectivity index (χ1n) is 7.12. The number of aryl methyl sites for hydroxylation is 2. The van der Waals surface area contributed by atoms with E-state index in [1.807, 2.05) is 11.8 Å². The quantitative estimate of drug-likeness (QED) is 0.830. The van der Waals surface area contributed by atoms with Crippen molar-refractivity contribution in [1.82, 2.24) is 15.3 Å². The van der Waals surface area contributed by atoms with Crippen molar-refractivity contribution < 1.29 is 0 Å². The first kappa shape index (κ1) is 16.4. The van der Waals surface area contributed by atoms with E-state index in [9.17, 15) is 0 Å². The summed E-state index contributed by atoms with van der Waals surface area (Å²) < 4.78 is 0. The molecule has 0 spiro atoms. The van der Waals surface area contributed by atoms with E-state index in [1.54, 1.807) is 0 Å². The molecule has 1 aromatic rings. The monoisotopic (exact) mass is 281 g/mol. The van der Waals surface area contributed by atoms with Gasteiger partial charge in [0, 0.05) is 17.9 Å². The second kappa shape index (κ2) is 7.85. The van der Waals surface area contributed by atoms with Gasteiger partial charge in [0.15, 0.2) is 0 Å². The van der Waals surface area contributed by atoms with Crippen molar-refractivity contribution in [3.05, 3.63) is 22.8 Å². The molecule has 1 aromatic heterocycles. The zero-order valence-electron chi connectivity index (χ0n) is 13.1. The maximum absolute atomic E-state index is 4.68. The third-order valence-corrected chi connectivity index (χ3v) is 4.20. The van der Waals surface area contributed by atoms with E-state index in [-0.39, 0.29) is 0 Å². The average molecular weight is 281 g/mol. The fourth-order valence-electron chi connectivity index (χ4n) is 2.28. The van der Waals surface area contributed by atoms with Crippen molar-refractivity contribution in [3.63, 3.8) is 0 Å². The van der Waals surface area contributed by atoms with Gasteiger partial charge in [-0.05, 0) is 37.1 Å². The van der Waals surface area contributed by atoms with Crippen LogP contribution in [-0.2, 0) is 5.75 Å². The molecule has 19 heavy (non-hydrogen) atoms. The second-order valence-electron chi connectivity index (χ2n) is 5.29. The minimum Gasteiger partial charge on any atom is -0.316 e. The highest BCUT2D eigenvalue weighted by molar-refractivity contribution is 7.99. The summed E-state index contributed by atoms with van der Waals surface area (Å²) in [4.78, 5) is 9.35. The molecule has 1 atom stereocenters. The van der Waals surface area contributed by atoms with Crippen LogP contribution in [0.5, 0.6) is 0 Å². The Bertz CT molecular complexity index is 381. The van der Waals surface area contributed by atoms with E-state index in [0.29, 0.717) is 11.2 Å². The van der Waals surface area contributed by atoms with Crippen LogP contribution < -0.4 is 5.32 Å². The number of likely N-dealkylation sites (N-methyl/N-ethyl adjacent to an activating group) is 1. The highest BCUT2D eigenvalue weighted by Gasteiger charge is 2.14. The Morgan fingerprint density at radius 2 is 1.68 bits per heavy atom. The molecular formula is C15H27N3S. The highest BCUT2D eigenvalue weighted by atomic mass is 32.2. The van der Waals surface area contributed by atoms with Gasteiger partial charge in [-0.2, -0.15) is 11.8 Å². The van der Waals surface area contributed by atoms with Crippen molar-refractivity contribution in [2.24, 2.45) is 0 Å². The Morgan fingerprint density at radius 1 is 1.11 bits per heavy atom. The Morgan fingerprint density at radius 3 is 2.16 bits per heavy atom. The van der Waals surface area contributed by atoms with Gasteiger partial charge in [0.2, 0.25) is 0 Å². The van der Waals surface area contributed by atoms with Gasteiger partial charge in [-0.1, -0.05) is 27.7 Å². The van der Waals surface area contributed by atoms with Gasteiger partial charge in [0.05, 0.1) is 5.75 Å². The predicted molar refractivity (Wildman–Crippen MR) is 84.9 cm³/mol. The summed E-state index contributed by atoms with van der Waals surface area (Å²) in [5.41, 5.74) is 3.58. The number of hydrogen-bond donors (Lipinski definition) is 1. The second-order valence-corrected chi connectivity index (χ2v) is 6.86. The Labute approximate surface area is 122 Å². The van der Waals surface area contributed by atoms with Crippen molar-refractivity contribution in [2.45, 2.75) is 58.5 Å². The van der Waals surface area contributed by atoms with Crippen LogP contribution >= 0.6 is 11.8 Å². The number of nitrogens with zero attached hydrogens (tertiary/aromatic N) is 2. The largest absolute Gasteiger partial charge is 0.316 e. The van der Waals surface area contributed by atoms with Crippen molar-refractivity contribution in [1.29, 1.82) is 0 Å². The summed E-state index contributed by atoms with van der Waals surface area (Å²) in [5.74, 6) is 2.33. The van der Waals surface area contributed by atoms with Crippen LogP contribution in [0.3, 0.4) is 0 Å². The summed E-state index contributed by atoms with van der Waals surface area (Å²) in [6.07, 6.45) is 0. The molecule has 0 bridgehead atoms. The lowest BCUT2D eigenvalue weighted by Gasteiger charge is -2.17. The molecule has 1 N–H and O–H groups in total. The van der Waals surface area contributed by atoms with E-state index < -0.39 is 0 Å². The van der Waals surface area contributed by atoms with Crippen LogP contribution in [-0.4, -0.2) is 28.3 Å². The molecule has 0 radical (unpaired) electrons. The molecule has 1 rings (SSSR count). The lowest BCUT2D eigenvalue weighted by atomic mass is 9.98. The van der Waals surface area contributed by atoms with Gasteiger partial charge in [0.25, 0.3) is 0 Å². The summed E-state index contributed by atoms with van der Waals surface area (Å²) in [7, 11) is 0. The van der Waals surface area contributed by atoms with Crippen LogP contribution in [0.2, 0.25) is 0 Å². The molecular weight excluding hydrogens is 254 g/mol. The topological polar surface area (TPSA) is 37.8 Å². The first-order valence-corrected chi connectivity index (χ1v) is 8.16. The fourth-order valence-corrected chi connectivity index (χ4v) is 2.89. The smallest absolute Gasteiger partial charge is 0.138 e. The zero-order valence-corrected chi connectivity index (χ0v) is 13.9. The minimum absolute atomic E-state index is 0.465. The molecule has 0 amide bonds. The maximum atomic E-state index is 4.68. The van der Waals surface area contributed by atoms with Gasteiger partial charge < -0.3 is 5.32 Å². The lowest BCUT2D eigenvalue weighted by Crippen LogP contribution is -2.21. The molecule has 4 heteroatoms. The molecule has 0 aliphatic rings. The van der Waals surface area contributed by atoms with Crippen molar-refractivity contribution >= 4 is 11.8 Å². The first-order chi connectivity index (χ1) is 8.95. The van der Waals surface area contributed by atoms with E-state index in [4.69, 9.17) is 0 Å². The maximum Gasteiger partial charge on any atom is 0.138 e. The van der Waals surface area contributed by atoms with Gasteiger partial charge in [0.1, 0.15) is 5.82 Å². The highest BCUT2D eigenvalue weighted by Crippen LogP contribution is 2.22. The van der Waals surface area contributed by atoms with Gasteiger partial charge in [-0.25, -0.2) is 9.97 Å². The zero-order chi connectivity index (χ0) is 14.4. The molecule has 0 aromatic carbocycles. The van der Waals surface area contributed by atoms with Crippen LogP contribution in [0.4, 0.5) is 0 Å². The van der Waals surface area contributed by atoms with Crippen LogP contribution in [0, 0.1) is 13.8 Å². The molecule has 108 valence electrons. The summed E-state index contributed by atoms with van der Waals surface area (Å²) in [6.45, 7) is 15.0. The SMILES string of the molecule is CCNCC(C)c1c(C)nc(CSC(C)C)nc1C. The van der Waals surface area contributed by atoms with E-state index in [2.05, 4.69) is 56.8 Å². The summed E-state index contributed by atoms with van der Waals surface area (Å²) in [6, 6.07) is 0. The van der Waals surface area contributed by atoms with E-state index >= 15 is 0 Å². The number of thioether (sulfide) groups is 1. The Kier molecular flexibility index (Phi) is 6.80. The van der Waals surface area contributed by atoms with Crippen LogP contribution in [0.25, 0.3) is 0 Å². The molecule has 0 fully saturated rings. The van der Waals surface area contributed by atoms with Crippen molar-refractivity contribution in [3.8, 4) is 0 Å². The van der Waals surface area contributed by atoms with Crippen molar-refractivity contribution in [2.75, 3.05) is 13.1 Å². The van der Waals surface area contributed by atoms with Gasteiger partial charge in [-0.3, -0.25) is 0 Å². The third kappa shape index (κ3) is 5.11. The lowest BCUT2D eigenvalue weighted by molar-refractivity contribution is 0.623.